The number of ketones is 1. The Balaban J connectivity index is 2.13. The monoisotopic (exact) mass is 408 g/mol. The number of phenols is 4. The Hall–Kier alpha value is -3.21. The van der Waals surface area contributed by atoms with E-state index in [1.165, 1.54) is 0 Å². The highest BCUT2D eigenvalue weighted by molar-refractivity contribution is 6.03. The fourth-order valence-corrected chi connectivity index (χ4v) is 4.32. The number of Topliss-reactive ketones (excluding diaryl/α,β-unsaturated/α-hetero) is 1. The smallest absolute Gasteiger partial charge is 0.174 e. The van der Waals surface area contributed by atoms with E-state index in [9.17, 15) is 25.2 Å². The summed E-state index contributed by atoms with van der Waals surface area (Å²) in [6.07, 6.45) is 5.53. The summed E-state index contributed by atoms with van der Waals surface area (Å²) in [4.78, 5) is 13.7. The number of carbonyl (C=O) groups is 1. The van der Waals surface area contributed by atoms with Crippen molar-refractivity contribution in [2.45, 2.75) is 39.5 Å². The lowest BCUT2D eigenvalue weighted by Gasteiger charge is -2.37. The minimum atomic E-state index is -0.517. The number of benzene rings is 2. The first-order chi connectivity index (χ1) is 14.2. The molecule has 0 aliphatic heterocycles. The Bertz CT molecular complexity index is 974. The molecule has 0 spiro atoms. The molecule has 0 heterocycles. The third-order valence-corrected chi connectivity index (χ3v) is 5.88. The van der Waals surface area contributed by atoms with Gasteiger partial charge in [0.15, 0.2) is 5.78 Å². The van der Waals surface area contributed by atoms with Crippen molar-refractivity contribution in [2.24, 2.45) is 11.8 Å². The fraction of sp³-hybridized carbons (Fsp3) is 0.320. The lowest BCUT2D eigenvalue weighted by atomic mass is 9.65. The molecule has 0 saturated heterocycles. The number of carbonyl (C=O) groups excluding carboxylic acids is 1. The zero-order valence-electron chi connectivity index (χ0n) is 17.5. The van der Waals surface area contributed by atoms with Gasteiger partial charge in [-0.1, -0.05) is 35.4 Å². The second kappa shape index (κ2) is 8.66. The summed E-state index contributed by atoms with van der Waals surface area (Å²) in [7, 11) is 0. The van der Waals surface area contributed by atoms with Crippen molar-refractivity contribution in [3.05, 3.63) is 70.8 Å². The van der Waals surface area contributed by atoms with E-state index in [1.54, 1.807) is 12.1 Å². The van der Waals surface area contributed by atoms with Crippen LogP contribution in [-0.2, 0) is 0 Å². The molecular formula is C25H28O5. The van der Waals surface area contributed by atoms with Crippen LogP contribution in [-0.4, -0.2) is 26.2 Å². The van der Waals surface area contributed by atoms with Crippen LogP contribution in [0.5, 0.6) is 23.0 Å². The van der Waals surface area contributed by atoms with E-state index in [4.69, 9.17) is 0 Å². The van der Waals surface area contributed by atoms with E-state index in [0.29, 0.717) is 12.8 Å². The van der Waals surface area contributed by atoms with E-state index in [-0.39, 0.29) is 34.7 Å². The molecule has 5 heteroatoms. The molecule has 3 atom stereocenters. The van der Waals surface area contributed by atoms with Crippen LogP contribution in [0.2, 0.25) is 0 Å². The highest BCUT2D eigenvalue weighted by Crippen LogP contribution is 2.47. The van der Waals surface area contributed by atoms with Gasteiger partial charge in [-0.05, 0) is 63.1 Å². The average molecular weight is 408 g/mol. The average Bonchev–Trinajstić information content (AvgIpc) is 2.66. The first kappa shape index (κ1) is 21.5. The van der Waals surface area contributed by atoms with E-state index < -0.39 is 17.4 Å². The topological polar surface area (TPSA) is 98.0 Å². The van der Waals surface area contributed by atoms with Gasteiger partial charge in [-0.25, -0.2) is 0 Å². The molecule has 0 fully saturated rings. The number of rotatable bonds is 5. The van der Waals surface area contributed by atoms with Crippen molar-refractivity contribution in [1.29, 1.82) is 0 Å². The Kier molecular flexibility index (Phi) is 6.20. The molecule has 3 rings (SSSR count). The van der Waals surface area contributed by atoms with Gasteiger partial charge in [0, 0.05) is 18.1 Å². The Morgan fingerprint density at radius 1 is 1.00 bits per heavy atom. The van der Waals surface area contributed by atoms with E-state index in [2.05, 4.69) is 12.2 Å². The molecule has 0 saturated carbocycles. The maximum absolute atomic E-state index is 13.7. The second-order valence-corrected chi connectivity index (χ2v) is 8.25. The van der Waals surface area contributed by atoms with E-state index in [1.807, 2.05) is 32.9 Å². The van der Waals surface area contributed by atoms with Crippen LogP contribution in [0.15, 0.2) is 59.7 Å². The molecular weight excluding hydrogens is 380 g/mol. The van der Waals surface area contributed by atoms with Crippen molar-refractivity contribution in [3.8, 4) is 23.0 Å². The first-order valence-corrected chi connectivity index (χ1v) is 10.1. The van der Waals surface area contributed by atoms with Crippen LogP contribution in [0.3, 0.4) is 0 Å². The standard InChI is InChI=1S/C25H28O5/c1-14(2)4-10-19-15(3)5-11-20(16-6-8-17(26)9-7-16)23(19)25(30)24-21(28)12-18(27)13-22(24)29/h4-9,12-13,19-20,23,26-29H,10-11H2,1-3H3/t19-,20+,23-/m1/s1. The molecule has 0 radical (unpaired) electrons. The zero-order chi connectivity index (χ0) is 22.0. The third-order valence-electron chi connectivity index (χ3n) is 5.88. The minimum Gasteiger partial charge on any atom is -0.508 e. The van der Waals surface area contributed by atoms with Gasteiger partial charge in [0.25, 0.3) is 0 Å². The van der Waals surface area contributed by atoms with Crippen molar-refractivity contribution in [1.82, 2.24) is 0 Å². The van der Waals surface area contributed by atoms with Crippen LogP contribution in [0.1, 0.15) is 55.5 Å². The molecule has 4 N–H and O–H groups in total. The van der Waals surface area contributed by atoms with Crippen molar-refractivity contribution < 1.29 is 25.2 Å². The minimum absolute atomic E-state index is 0.104. The summed E-state index contributed by atoms with van der Waals surface area (Å²) < 4.78 is 0. The Morgan fingerprint density at radius 2 is 1.60 bits per heavy atom. The molecule has 0 amide bonds. The molecule has 1 aliphatic rings. The molecule has 2 aromatic rings. The number of phenolic OH excluding ortho intramolecular Hbond substituents is 4. The van der Waals surface area contributed by atoms with Gasteiger partial charge in [0.1, 0.15) is 28.6 Å². The van der Waals surface area contributed by atoms with Crippen LogP contribution >= 0.6 is 0 Å². The maximum Gasteiger partial charge on any atom is 0.174 e. The number of aromatic hydroxyl groups is 4. The van der Waals surface area contributed by atoms with Gasteiger partial charge in [0.05, 0.1) is 0 Å². The third kappa shape index (κ3) is 4.35. The molecule has 30 heavy (non-hydrogen) atoms. The molecule has 2 aromatic carbocycles. The molecule has 5 nitrogen and oxygen atoms in total. The Morgan fingerprint density at radius 3 is 2.17 bits per heavy atom. The van der Waals surface area contributed by atoms with Gasteiger partial charge in [-0.15, -0.1) is 0 Å². The van der Waals surface area contributed by atoms with Gasteiger partial charge >= 0.3 is 0 Å². The quantitative estimate of drug-likeness (QED) is 0.391. The van der Waals surface area contributed by atoms with Gasteiger partial charge < -0.3 is 20.4 Å². The maximum atomic E-state index is 13.7. The largest absolute Gasteiger partial charge is 0.508 e. The zero-order valence-corrected chi connectivity index (χ0v) is 17.5. The summed E-state index contributed by atoms with van der Waals surface area (Å²) in [5.41, 5.74) is 2.99. The molecule has 0 bridgehead atoms. The van der Waals surface area contributed by atoms with E-state index >= 15 is 0 Å². The lowest BCUT2D eigenvalue weighted by Crippen LogP contribution is -2.33. The highest BCUT2D eigenvalue weighted by atomic mass is 16.3. The Labute approximate surface area is 176 Å². The van der Waals surface area contributed by atoms with Gasteiger partial charge in [-0.2, -0.15) is 0 Å². The summed E-state index contributed by atoms with van der Waals surface area (Å²) in [5, 5.41) is 40.0. The van der Waals surface area contributed by atoms with Crippen molar-refractivity contribution >= 4 is 5.78 Å². The predicted octanol–water partition coefficient (Wildman–Crippen LogP) is 5.41. The van der Waals surface area contributed by atoms with Gasteiger partial charge in [0.2, 0.25) is 0 Å². The normalized spacial score (nSPS) is 21.0. The molecule has 0 aromatic heterocycles. The van der Waals surface area contributed by atoms with Gasteiger partial charge in [-0.3, -0.25) is 4.79 Å². The summed E-state index contributed by atoms with van der Waals surface area (Å²) >= 11 is 0. The van der Waals surface area contributed by atoms with Crippen LogP contribution < -0.4 is 0 Å². The number of allylic oxidation sites excluding steroid dienone is 4. The molecule has 158 valence electrons. The summed E-state index contributed by atoms with van der Waals surface area (Å²) in [5.74, 6) is -2.18. The van der Waals surface area contributed by atoms with E-state index in [0.717, 1.165) is 28.8 Å². The lowest BCUT2D eigenvalue weighted by molar-refractivity contribution is 0.0844. The van der Waals surface area contributed by atoms with Crippen LogP contribution in [0, 0.1) is 11.8 Å². The SMILES string of the molecule is CC(C)=CC[C@@H]1C(C)=CC[C@@H](c2ccc(O)cc2)[C@@H]1C(=O)c1c(O)cc(O)cc1O. The van der Waals surface area contributed by atoms with Crippen LogP contribution in [0.4, 0.5) is 0 Å². The van der Waals surface area contributed by atoms with Crippen molar-refractivity contribution in [3.63, 3.8) is 0 Å². The number of hydrogen-bond acceptors (Lipinski definition) is 5. The molecule has 1 aliphatic carbocycles. The molecule has 0 unspecified atom stereocenters. The highest BCUT2D eigenvalue weighted by Gasteiger charge is 2.40. The number of hydrogen-bond donors (Lipinski definition) is 4. The second-order valence-electron chi connectivity index (χ2n) is 8.25. The first-order valence-electron chi connectivity index (χ1n) is 10.1. The predicted molar refractivity (Wildman–Crippen MR) is 116 cm³/mol. The summed E-state index contributed by atoms with van der Waals surface area (Å²) in [6.45, 7) is 6.02. The van der Waals surface area contributed by atoms with Crippen molar-refractivity contribution in [2.75, 3.05) is 0 Å². The summed E-state index contributed by atoms with van der Waals surface area (Å²) in [6, 6.07) is 8.95. The fourth-order valence-electron chi connectivity index (χ4n) is 4.32. The van der Waals surface area contributed by atoms with Crippen LogP contribution in [0.25, 0.3) is 0 Å².